The number of carbonyl (C=O) groups is 2. The quantitative estimate of drug-likeness (QED) is 0.343. The van der Waals surface area contributed by atoms with Crippen LogP contribution in [0.25, 0.3) is 0 Å². The van der Waals surface area contributed by atoms with Crippen molar-refractivity contribution in [2.24, 2.45) is 17.6 Å². The molecule has 2 aliphatic heterocycles. The highest BCUT2D eigenvalue weighted by Gasteiger charge is 2.32. The van der Waals surface area contributed by atoms with Crippen LogP contribution >= 0.6 is 11.6 Å². The van der Waals surface area contributed by atoms with E-state index >= 15 is 0 Å². The lowest BCUT2D eigenvalue weighted by Crippen LogP contribution is -2.49. The molecule has 0 radical (unpaired) electrons. The van der Waals surface area contributed by atoms with Gasteiger partial charge in [-0.3, -0.25) is 0 Å². The molecule has 0 aliphatic carbocycles. The summed E-state index contributed by atoms with van der Waals surface area (Å²) in [6, 6.07) is 5.49. The van der Waals surface area contributed by atoms with Crippen LogP contribution in [0.15, 0.2) is 18.2 Å². The number of carboxylic acid groups (broad SMARTS) is 1. The van der Waals surface area contributed by atoms with Crippen LogP contribution in [0.3, 0.4) is 0 Å². The van der Waals surface area contributed by atoms with Gasteiger partial charge in [0.05, 0.1) is 12.7 Å². The molecule has 3 amide bonds. The second kappa shape index (κ2) is 14.6. The van der Waals surface area contributed by atoms with Crippen molar-refractivity contribution in [3.05, 3.63) is 34.3 Å². The predicted molar refractivity (Wildman–Crippen MR) is 139 cm³/mol. The van der Waals surface area contributed by atoms with Crippen LogP contribution in [0, 0.1) is 18.8 Å². The van der Waals surface area contributed by atoms with Gasteiger partial charge in [-0.25, -0.2) is 9.59 Å². The molecule has 10 heteroatoms. The molecule has 202 valence electrons. The third-order valence-corrected chi connectivity index (χ3v) is 7.29. The molecule has 36 heavy (non-hydrogen) atoms. The SMILES string of the molecule is Cc1ccc(Cl)cc1C(OCCNC(=O)O)[C@@H]1CCCN(C(=O)NC[C@H](N)C[C@H]2CCCCOC2)C1. The van der Waals surface area contributed by atoms with Gasteiger partial charge >= 0.3 is 12.1 Å². The van der Waals surface area contributed by atoms with Gasteiger partial charge < -0.3 is 35.8 Å². The van der Waals surface area contributed by atoms with Crippen LogP contribution in [0.1, 0.15) is 55.8 Å². The fourth-order valence-corrected chi connectivity index (χ4v) is 5.36. The highest BCUT2D eigenvalue weighted by molar-refractivity contribution is 6.30. The number of halogens is 1. The summed E-state index contributed by atoms with van der Waals surface area (Å²) in [6.07, 6.45) is 4.62. The molecule has 3 rings (SSSR count). The van der Waals surface area contributed by atoms with Crippen molar-refractivity contribution in [1.29, 1.82) is 0 Å². The normalized spacial score (nSPS) is 22.4. The first kappa shape index (κ1) is 28.5. The molecule has 0 aromatic heterocycles. The summed E-state index contributed by atoms with van der Waals surface area (Å²) in [5, 5.41) is 14.8. The lowest BCUT2D eigenvalue weighted by atomic mass is 9.86. The van der Waals surface area contributed by atoms with Crippen molar-refractivity contribution in [2.45, 2.75) is 57.6 Å². The van der Waals surface area contributed by atoms with Crippen molar-refractivity contribution in [2.75, 3.05) is 46.0 Å². The second-order valence-corrected chi connectivity index (χ2v) is 10.4. The number of urea groups is 1. The summed E-state index contributed by atoms with van der Waals surface area (Å²) >= 11 is 6.29. The van der Waals surface area contributed by atoms with E-state index in [-0.39, 0.29) is 37.2 Å². The van der Waals surface area contributed by atoms with Crippen molar-refractivity contribution in [3.8, 4) is 0 Å². The Kier molecular flexibility index (Phi) is 11.6. The van der Waals surface area contributed by atoms with E-state index in [0.29, 0.717) is 30.6 Å². The fourth-order valence-electron chi connectivity index (χ4n) is 5.18. The molecular weight excluding hydrogens is 484 g/mol. The maximum Gasteiger partial charge on any atom is 0.404 e. The van der Waals surface area contributed by atoms with Crippen LogP contribution in [-0.2, 0) is 9.47 Å². The van der Waals surface area contributed by atoms with Gasteiger partial charge in [0.1, 0.15) is 0 Å². The van der Waals surface area contributed by atoms with Crippen LogP contribution in [0.5, 0.6) is 0 Å². The molecule has 0 saturated carbocycles. The van der Waals surface area contributed by atoms with Gasteiger partial charge in [-0.15, -0.1) is 0 Å². The first-order valence-electron chi connectivity index (χ1n) is 13.0. The molecule has 5 N–H and O–H groups in total. The average molecular weight is 525 g/mol. The van der Waals surface area contributed by atoms with Gasteiger partial charge in [-0.2, -0.15) is 0 Å². The van der Waals surface area contributed by atoms with Crippen LogP contribution in [0.4, 0.5) is 9.59 Å². The third kappa shape index (κ3) is 9.10. The van der Waals surface area contributed by atoms with Crippen molar-refractivity contribution < 1.29 is 24.2 Å². The van der Waals surface area contributed by atoms with E-state index in [1.165, 1.54) is 6.42 Å². The highest BCUT2D eigenvalue weighted by atomic mass is 35.5. The molecule has 2 aliphatic rings. The van der Waals surface area contributed by atoms with E-state index in [1.807, 2.05) is 30.0 Å². The van der Waals surface area contributed by atoms with E-state index in [9.17, 15) is 9.59 Å². The Morgan fingerprint density at radius 1 is 1.28 bits per heavy atom. The van der Waals surface area contributed by atoms with Gasteiger partial charge in [-0.1, -0.05) is 24.1 Å². The maximum absolute atomic E-state index is 13.0. The number of aryl methyl sites for hydroxylation is 1. The Labute approximate surface area is 219 Å². The number of rotatable bonds is 10. The predicted octanol–water partition coefficient (Wildman–Crippen LogP) is 3.93. The van der Waals surface area contributed by atoms with Crippen LogP contribution < -0.4 is 16.4 Å². The van der Waals surface area contributed by atoms with Gasteiger partial charge in [0, 0.05) is 56.4 Å². The number of likely N-dealkylation sites (tertiary alicyclic amines) is 1. The molecule has 0 spiro atoms. The Balaban J connectivity index is 1.57. The van der Waals surface area contributed by atoms with Crippen LogP contribution in [0.2, 0.25) is 5.02 Å². The van der Waals surface area contributed by atoms with E-state index < -0.39 is 6.09 Å². The molecule has 2 saturated heterocycles. The number of benzene rings is 1. The first-order chi connectivity index (χ1) is 17.3. The van der Waals surface area contributed by atoms with Crippen molar-refractivity contribution in [1.82, 2.24) is 15.5 Å². The minimum absolute atomic E-state index is 0.0586. The molecule has 1 aromatic carbocycles. The Hall–Kier alpha value is -2.07. The molecule has 2 heterocycles. The second-order valence-electron chi connectivity index (χ2n) is 9.99. The number of carbonyl (C=O) groups excluding carboxylic acids is 1. The van der Waals surface area contributed by atoms with Gasteiger partial charge in [0.15, 0.2) is 0 Å². The molecule has 0 bridgehead atoms. The summed E-state index contributed by atoms with van der Waals surface area (Å²) < 4.78 is 11.9. The minimum Gasteiger partial charge on any atom is -0.465 e. The summed E-state index contributed by atoms with van der Waals surface area (Å²) in [5.74, 6) is 0.511. The van der Waals surface area contributed by atoms with Crippen molar-refractivity contribution in [3.63, 3.8) is 0 Å². The number of nitrogens with zero attached hydrogens (tertiary/aromatic N) is 1. The highest BCUT2D eigenvalue weighted by Crippen LogP contribution is 2.35. The van der Waals surface area contributed by atoms with E-state index in [0.717, 1.165) is 56.4 Å². The summed E-state index contributed by atoms with van der Waals surface area (Å²) in [7, 11) is 0. The standard InChI is InChI=1S/C26H41ClN4O5/c1-18-7-8-21(27)14-23(18)24(36-12-9-29-26(33)34)20-6-4-10-31(16-20)25(32)30-15-22(28)13-19-5-2-3-11-35-17-19/h7-8,14,19-20,22,24,29H,2-6,9-13,15-17,28H2,1H3,(H,30,32)(H,33,34)/t19-,20-,22-,24?/m1/s1. The molecular formula is C26H41ClN4O5. The molecule has 4 atom stereocenters. The lowest BCUT2D eigenvalue weighted by molar-refractivity contribution is -0.00869. The van der Waals surface area contributed by atoms with Gasteiger partial charge in [0.2, 0.25) is 0 Å². The fraction of sp³-hybridized carbons (Fsp3) is 0.692. The summed E-state index contributed by atoms with van der Waals surface area (Å²) in [4.78, 5) is 25.7. The minimum atomic E-state index is -1.08. The Morgan fingerprint density at radius 2 is 2.11 bits per heavy atom. The first-order valence-corrected chi connectivity index (χ1v) is 13.4. The molecule has 1 unspecified atom stereocenters. The number of ether oxygens (including phenoxy) is 2. The topological polar surface area (TPSA) is 126 Å². The number of nitrogens with two attached hydrogens (primary N) is 1. The van der Waals surface area contributed by atoms with E-state index in [4.69, 9.17) is 31.9 Å². The largest absolute Gasteiger partial charge is 0.465 e. The zero-order valence-electron chi connectivity index (χ0n) is 21.2. The van der Waals surface area contributed by atoms with Crippen LogP contribution in [-0.4, -0.2) is 74.2 Å². The summed E-state index contributed by atoms with van der Waals surface area (Å²) in [5.41, 5.74) is 8.35. The lowest BCUT2D eigenvalue weighted by Gasteiger charge is -2.37. The van der Waals surface area contributed by atoms with Gasteiger partial charge in [-0.05, 0) is 68.2 Å². The number of nitrogens with one attached hydrogen (secondary N) is 2. The third-order valence-electron chi connectivity index (χ3n) is 7.05. The Bertz CT molecular complexity index is 850. The number of hydrogen-bond donors (Lipinski definition) is 4. The smallest absolute Gasteiger partial charge is 0.404 e. The van der Waals surface area contributed by atoms with Crippen molar-refractivity contribution >= 4 is 23.7 Å². The number of amides is 3. The molecule has 9 nitrogen and oxygen atoms in total. The zero-order chi connectivity index (χ0) is 25.9. The monoisotopic (exact) mass is 524 g/mol. The van der Waals surface area contributed by atoms with E-state index in [1.54, 1.807) is 0 Å². The molecule has 2 fully saturated rings. The van der Waals surface area contributed by atoms with Gasteiger partial charge in [0.25, 0.3) is 0 Å². The number of piperidine rings is 1. The molecule has 1 aromatic rings. The Morgan fingerprint density at radius 3 is 2.92 bits per heavy atom. The van der Waals surface area contributed by atoms with E-state index in [2.05, 4.69) is 10.6 Å². The summed E-state index contributed by atoms with van der Waals surface area (Å²) in [6.45, 7) is 5.65. The average Bonchev–Trinajstić information content (AvgIpc) is 3.13. The number of hydrogen-bond acceptors (Lipinski definition) is 5. The zero-order valence-corrected chi connectivity index (χ0v) is 22.0. The maximum atomic E-state index is 13.0.